The third-order valence-corrected chi connectivity index (χ3v) is 3.08. The lowest BCUT2D eigenvalue weighted by atomic mass is 10.1. The van der Waals surface area contributed by atoms with Gasteiger partial charge in [-0.15, -0.1) is 0 Å². The van der Waals surface area contributed by atoms with Crippen LogP contribution >= 0.6 is 0 Å². The second-order valence-corrected chi connectivity index (χ2v) is 5.00. The molecule has 2 heteroatoms. The molecule has 0 heterocycles. The van der Waals surface area contributed by atoms with Crippen molar-refractivity contribution in [3.05, 3.63) is 65.4 Å². The van der Waals surface area contributed by atoms with Crippen LogP contribution in [0.4, 0.5) is 5.69 Å². The van der Waals surface area contributed by atoms with Crippen LogP contribution in [0.1, 0.15) is 33.3 Å². The molecule has 0 unspecified atom stereocenters. The van der Waals surface area contributed by atoms with Crippen LogP contribution in [0, 0.1) is 0 Å². The van der Waals surface area contributed by atoms with Gasteiger partial charge in [-0.25, -0.2) is 0 Å². The van der Waals surface area contributed by atoms with E-state index in [2.05, 4.69) is 56.1 Å². The van der Waals surface area contributed by atoms with Crippen LogP contribution in [0.2, 0.25) is 0 Å². The summed E-state index contributed by atoms with van der Waals surface area (Å²) in [6, 6.07) is 8.28. The standard InChI is InChI=1S/C18H24N2/c1-7-14(4)12-18(13(2)3)20-15(5)16-8-10-17(19-6)11-9-16/h7-12,19H,1H2,2-6H3/b14-12-,20-15?. The SMILES string of the molecule is C=C/C(C)=C\C(N=C(C)c1ccc(NC)cc1)=C(C)C. The second kappa shape index (κ2) is 7.49. The van der Waals surface area contributed by atoms with Crippen molar-refractivity contribution in [2.75, 3.05) is 12.4 Å². The van der Waals surface area contributed by atoms with Gasteiger partial charge in [-0.2, -0.15) is 0 Å². The smallest absolute Gasteiger partial charge is 0.0622 e. The molecule has 0 saturated heterocycles. The molecular weight excluding hydrogens is 244 g/mol. The zero-order valence-electron chi connectivity index (χ0n) is 13.1. The Labute approximate surface area is 122 Å². The Hall–Kier alpha value is -2.09. The molecule has 1 aromatic rings. The van der Waals surface area contributed by atoms with Gasteiger partial charge in [-0.3, -0.25) is 4.99 Å². The summed E-state index contributed by atoms with van der Waals surface area (Å²) in [5.74, 6) is 0. The van der Waals surface area contributed by atoms with E-state index in [9.17, 15) is 0 Å². The van der Waals surface area contributed by atoms with Crippen molar-refractivity contribution < 1.29 is 0 Å². The minimum Gasteiger partial charge on any atom is -0.388 e. The largest absolute Gasteiger partial charge is 0.388 e. The molecular formula is C18H24N2. The lowest BCUT2D eigenvalue weighted by Crippen LogP contribution is -1.97. The molecule has 0 aliphatic rings. The Balaban J connectivity index is 3.11. The molecule has 2 nitrogen and oxygen atoms in total. The van der Waals surface area contributed by atoms with Gasteiger partial charge in [0.15, 0.2) is 0 Å². The topological polar surface area (TPSA) is 24.4 Å². The Morgan fingerprint density at radius 3 is 2.15 bits per heavy atom. The number of hydrogen-bond donors (Lipinski definition) is 1. The molecule has 0 aromatic heterocycles. The normalized spacial score (nSPS) is 12.1. The van der Waals surface area contributed by atoms with Gasteiger partial charge in [-0.1, -0.05) is 30.4 Å². The predicted molar refractivity (Wildman–Crippen MR) is 90.5 cm³/mol. The Kier molecular flexibility index (Phi) is 5.98. The van der Waals surface area contributed by atoms with Crippen LogP contribution in [0.25, 0.3) is 0 Å². The van der Waals surface area contributed by atoms with E-state index < -0.39 is 0 Å². The maximum atomic E-state index is 4.74. The summed E-state index contributed by atoms with van der Waals surface area (Å²) < 4.78 is 0. The first-order chi connectivity index (χ1) is 9.47. The molecule has 0 spiro atoms. The molecule has 0 radical (unpaired) electrons. The van der Waals surface area contributed by atoms with E-state index in [4.69, 9.17) is 4.99 Å². The molecule has 20 heavy (non-hydrogen) atoms. The van der Waals surface area contributed by atoms with E-state index in [1.807, 2.05) is 27.0 Å². The van der Waals surface area contributed by atoms with Gasteiger partial charge in [0.1, 0.15) is 0 Å². The molecule has 0 bridgehead atoms. The van der Waals surface area contributed by atoms with Crippen LogP contribution in [-0.2, 0) is 0 Å². The highest BCUT2D eigenvalue weighted by atomic mass is 14.8. The molecule has 0 amide bonds. The lowest BCUT2D eigenvalue weighted by molar-refractivity contribution is 1.23. The lowest BCUT2D eigenvalue weighted by Gasteiger charge is -2.06. The number of nitrogens with zero attached hydrogens (tertiary/aromatic N) is 1. The van der Waals surface area contributed by atoms with Gasteiger partial charge < -0.3 is 5.32 Å². The Morgan fingerprint density at radius 1 is 1.10 bits per heavy atom. The van der Waals surface area contributed by atoms with Crippen LogP contribution in [0.3, 0.4) is 0 Å². The summed E-state index contributed by atoms with van der Waals surface area (Å²) >= 11 is 0. The van der Waals surface area contributed by atoms with Crippen molar-refractivity contribution in [2.24, 2.45) is 4.99 Å². The summed E-state index contributed by atoms with van der Waals surface area (Å²) in [5.41, 5.74) is 6.55. The summed E-state index contributed by atoms with van der Waals surface area (Å²) in [7, 11) is 1.92. The minimum absolute atomic E-state index is 0.998. The Morgan fingerprint density at radius 2 is 1.70 bits per heavy atom. The first-order valence-electron chi connectivity index (χ1n) is 6.79. The molecule has 1 N–H and O–H groups in total. The number of aliphatic imine (C=N–C) groups is 1. The molecule has 1 rings (SSSR count). The molecule has 106 valence electrons. The number of hydrogen-bond acceptors (Lipinski definition) is 2. The predicted octanol–water partition coefficient (Wildman–Crippen LogP) is 4.96. The van der Waals surface area contributed by atoms with Crippen molar-refractivity contribution in [2.45, 2.75) is 27.7 Å². The van der Waals surface area contributed by atoms with Crippen LogP contribution < -0.4 is 5.32 Å². The quantitative estimate of drug-likeness (QED) is 0.592. The number of allylic oxidation sites excluding steroid dienone is 4. The number of nitrogens with one attached hydrogen (secondary N) is 1. The van der Waals surface area contributed by atoms with Crippen molar-refractivity contribution in [3.8, 4) is 0 Å². The molecule has 0 atom stereocenters. The third-order valence-electron chi connectivity index (χ3n) is 3.08. The Bertz CT molecular complexity index is 554. The van der Waals surface area contributed by atoms with Crippen molar-refractivity contribution in [1.29, 1.82) is 0 Å². The second-order valence-electron chi connectivity index (χ2n) is 5.00. The zero-order chi connectivity index (χ0) is 15.1. The fourth-order valence-electron chi connectivity index (χ4n) is 1.69. The van der Waals surface area contributed by atoms with E-state index in [1.54, 1.807) is 0 Å². The third kappa shape index (κ3) is 4.54. The zero-order valence-corrected chi connectivity index (χ0v) is 13.1. The molecule has 0 saturated carbocycles. The van der Waals surface area contributed by atoms with E-state index in [0.29, 0.717) is 0 Å². The van der Waals surface area contributed by atoms with Gasteiger partial charge in [0.25, 0.3) is 0 Å². The monoisotopic (exact) mass is 268 g/mol. The number of anilines is 1. The van der Waals surface area contributed by atoms with Gasteiger partial charge in [0.2, 0.25) is 0 Å². The average Bonchev–Trinajstić information content (AvgIpc) is 2.46. The molecule has 1 aromatic carbocycles. The highest BCUT2D eigenvalue weighted by molar-refractivity contribution is 5.99. The first-order valence-corrected chi connectivity index (χ1v) is 6.79. The highest BCUT2D eigenvalue weighted by Gasteiger charge is 2.00. The van der Waals surface area contributed by atoms with Gasteiger partial charge in [0.05, 0.1) is 5.70 Å². The maximum absolute atomic E-state index is 4.74. The van der Waals surface area contributed by atoms with Crippen LogP contribution in [-0.4, -0.2) is 12.8 Å². The van der Waals surface area contributed by atoms with Crippen LogP contribution in [0.15, 0.2) is 64.8 Å². The highest BCUT2D eigenvalue weighted by Crippen LogP contribution is 2.15. The fourth-order valence-corrected chi connectivity index (χ4v) is 1.69. The van der Waals surface area contributed by atoms with Gasteiger partial charge in [0, 0.05) is 18.4 Å². The van der Waals surface area contributed by atoms with E-state index in [0.717, 1.165) is 28.2 Å². The summed E-state index contributed by atoms with van der Waals surface area (Å²) in [6.45, 7) is 12.0. The van der Waals surface area contributed by atoms with E-state index in [1.165, 1.54) is 5.57 Å². The molecule has 0 fully saturated rings. The summed E-state index contributed by atoms with van der Waals surface area (Å²) in [5, 5.41) is 3.12. The number of rotatable bonds is 5. The molecule has 0 aliphatic heterocycles. The summed E-state index contributed by atoms with van der Waals surface area (Å²) in [4.78, 5) is 4.74. The number of benzene rings is 1. The van der Waals surface area contributed by atoms with E-state index in [-0.39, 0.29) is 0 Å². The van der Waals surface area contributed by atoms with Gasteiger partial charge >= 0.3 is 0 Å². The first kappa shape index (κ1) is 16.0. The maximum Gasteiger partial charge on any atom is 0.0622 e. The van der Waals surface area contributed by atoms with Crippen molar-refractivity contribution in [3.63, 3.8) is 0 Å². The van der Waals surface area contributed by atoms with Crippen LogP contribution in [0.5, 0.6) is 0 Å². The van der Waals surface area contributed by atoms with Crippen molar-refractivity contribution >= 4 is 11.4 Å². The molecule has 0 aliphatic carbocycles. The average molecular weight is 268 g/mol. The van der Waals surface area contributed by atoms with E-state index >= 15 is 0 Å². The fraction of sp³-hybridized carbons (Fsp3) is 0.278. The van der Waals surface area contributed by atoms with Gasteiger partial charge in [-0.05, 0) is 57.0 Å². The summed E-state index contributed by atoms with van der Waals surface area (Å²) in [6.07, 6.45) is 3.91. The minimum atomic E-state index is 0.998. The van der Waals surface area contributed by atoms with Crippen molar-refractivity contribution in [1.82, 2.24) is 0 Å².